The molecule has 1 aromatic carbocycles. The maximum atomic E-state index is 4.68. The summed E-state index contributed by atoms with van der Waals surface area (Å²) in [6.45, 7) is 2.01. The highest BCUT2D eigenvalue weighted by atomic mass is 32.1. The van der Waals surface area contributed by atoms with Crippen molar-refractivity contribution < 1.29 is 0 Å². The Morgan fingerprint density at radius 3 is 2.75 bits per heavy atom. The lowest BCUT2D eigenvalue weighted by molar-refractivity contribution is 0.658. The minimum Gasteiger partial charge on any atom is -0.331 e. The Morgan fingerprint density at radius 2 is 1.95 bits per heavy atom. The van der Waals surface area contributed by atoms with Crippen molar-refractivity contribution in [3.63, 3.8) is 0 Å². The zero-order valence-electron chi connectivity index (χ0n) is 11.7. The molecule has 0 fully saturated rings. The number of benzene rings is 1. The Bertz CT molecular complexity index is 670. The zero-order chi connectivity index (χ0) is 13.8. The van der Waals surface area contributed by atoms with Gasteiger partial charge in [-0.15, -0.1) is 11.3 Å². The highest BCUT2D eigenvalue weighted by molar-refractivity contribution is 7.09. The van der Waals surface area contributed by atoms with E-state index in [9.17, 15) is 0 Å². The fourth-order valence-electron chi connectivity index (χ4n) is 2.41. The average molecular weight is 285 g/mol. The van der Waals surface area contributed by atoms with Gasteiger partial charge in [-0.1, -0.05) is 18.2 Å². The van der Waals surface area contributed by atoms with Gasteiger partial charge in [-0.3, -0.25) is 0 Å². The van der Waals surface area contributed by atoms with Crippen molar-refractivity contribution in [3.05, 3.63) is 52.5 Å². The third-order valence-electron chi connectivity index (χ3n) is 3.53. The van der Waals surface area contributed by atoms with E-state index >= 15 is 0 Å². The molecule has 2 heterocycles. The van der Waals surface area contributed by atoms with Gasteiger partial charge < -0.3 is 9.88 Å². The molecule has 0 amide bonds. The Labute approximate surface area is 123 Å². The summed E-state index contributed by atoms with van der Waals surface area (Å²) in [7, 11) is 2.09. The molecule has 104 valence electrons. The van der Waals surface area contributed by atoms with Crippen LogP contribution >= 0.6 is 11.3 Å². The number of nitrogens with zero attached hydrogens (tertiary/aromatic N) is 2. The first-order chi connectivity index (χ1) is 9.84. The smallest absolute Gasteiger partial charge is 0.110 e. The van der Waals surface area contributed by atoms with Gasteiger partial charge in [0.1, 0.15) is 5.82 Å². The summed E-state index contributed by atoms with van der Waals surface area (Å²) < 4.78 is 2.19. The van der Waals surface area contributed by atoms with Gasteiger partial charge in [0.2, 0.25) is 0 Å². The van der Waals surface area contributed by atoms with Crippen LogP contribution in [0.4, 0.5) is 0 Å². The molecule has 0 aliphatic carbocycles. The number of hydrogen-bond acceptors (Lipinski definition) is 3. The van der Waals surface area contributed by atoms with Crippen molar-refractivity contribution in [2.24, 2.45) is 7.05 Å². The molecule has 0 atom stereocenters. The minimum atomic E-state index is 0.968. The van der Waals surface area contributed by atoms with Gasteiger partial charge in [-0.25, -0.2) is 4.98 Å². The zero-order valence-corrected chi connectivity index (χ0v) is 12.5. The van der Waals surface area contributed by atoms with Crippen molar-refractivity contribution in [2.75, 3.05) is 13.1 Å². The van der Waals surface area contributed by atoms with Gasteiger partial charge in [0.05, 0.1) is 11.0 Å². The SMILES string of the molecule is Cn1c(CCNCCc2cccs2)nc2ccccc21. The van der Waals surface area contributed by atoms with E-state index < -0.39 is 0 Å². The number of para-hydroxylation sites is 2. The second-order valence-corrected chi connectivity index (χ2v) is 5.94. The average Bonchev–Trinajstić information content (AvgIpc) is 3.08. The number of imidazole rings is 1. The van der Waals surface area contributed by atoms with Crippen LogP contribution in [0.3, 0.4) is 0 Å². The van der Waals surface area contributed by atoms with Crippen LogP contribution in [0.1, 0.15) is 10.7 Å². The number of aromatic nitrogens is 2. The predicted octanol–water partition coefficient (Wildman–Crippen LogP) is 3.01. The third-order valence-corrected chi connectivity index (χ3v) is 4.47. The number of hydrogen-bond donors (Lipinski definition) is 1. The molecule has 0 aliphatic heterocycles. The van der Waals surface area contributed by atoms with Crippen molar-refractivity contribution in [2.45, 2.75) is 12.8 Å². The largest absolute Gasteiger partial charge is 0.331 e. The number of fused-ring (bicyclic) bond motifs is 1. The first-order valence-corrected chi connectivity index (χ1v) is 7.86. The summed E-state index contributed by atoms with van der Waals surface area (Å²) in [4.78, 5) is 6.13. The molecule has 4 heteroatoms. The topological polar surface area (TPSA) is 29.9 Å². The number of rotatable bonds is 6. The van der Waals surface area contributed by atoms with Gasteiger partial charge in [-0.05, 0) is 36.5 Å². The molecule has 3 aromatic rings. The first-order valence-electron chi connectivity index (χ1n) is 6.98. The highest BCUT2D eigenvalue weighted by Crippen LogP contribution is 2.14. The molecule has 0 radical (unpaired) electrons. The van der Waals surface area contributed by atoms with E-state index in [1.807, 2.05) is 17.4 Å². The van der Waals surface area contributed by atoms with E-state index in [1.165, 1.54) is 10.4 Å². The predicted molar refractivity (Wildman–Crippen MR) is 85.3 cm³/mol. The lowest BCUT2D eigenvalue weighted by Gasteiger charge is -2.04. The molecule has 3 nitrogen and oxygen atoms in total. The van der Waals surface area contributed by atoms with Crippen LogP contribution in [0, 0.1) is 0 Å². The van der Waals surface area contributed by atoms with Crippen molar-refractivity contribution >= 4 is 22.4 Å². The van der Waals surface area contributed by atoms with E-state index in [4.69, 9.17) is 0 Å². The molecule has 0 saturated carbocycles. The minimum absolute atomic E-state index is 0.968. The Morgan fingerprint density at radius 1 is 1.10 bits per heavy atom. The van der Waals surface area contributed by atoms with Crippen molar-refractivity contribution in [1.82, 2.24) is 14.9 Å². The molecule has 0 saturated heterocycles. The fraction of sp³-hybridized carbons (Fsp3) is 0.312. The van der Waals surface area contributed by atoms with Crippen LogP contribution in [-0.4, -0.2) is 22.6 Å². The number of nitrogens with one attached hydrogen (secondary N) is 1. The number of thiophene rings is 1. The lowest BCUT2D eigenvalue weighted by Crippen LogP contribution is -2.21. The normalized spacial score (nSPS) is 11.2. The van der Waals surface area contributed by atoms with Crippen LogP contribution in [0.15, 0.2) is 41.8 Å². The molecule has 0 unspecified atom stereocenters. The van der Waals surface area contributed by atoms with E-state index in [0.717, 1.165) is 37.3 Å². The summed E-state index contributed by atoms with van der Waals surface area (Å²) >= 11 is 1.83. The van der Waals surface area contributed by atoms with Crippen LogP contribution in [0.5, 0.6) is 0 Å². The molecule has 2 aromatic heterocycles. The van der Waals surface area contributed by atoms with Crippen molar-refractivity contribution in [3.8, 4) is 0 Å². The maximum Gasteiger partial charge on any atom is 0.110 e. The van der Waals surface area contributed by atoms with Crippen molar-refractivity contribution in [1.29, 1.82) is 0 Å². The summed E-state index contributed by atoms with van der Waals surface area (Å²) in [6.07, 6.45) is 2.08. The summed E-state index contributed by atoms with van der Waals surface area (Å²) in [5.74, 6) is 1.15. The van der Waals surface area contributed by atoms with E-state index in [-0.39, 0.29) is 0 Å². The molecule has 0 bridgehead atoms. The van der Waals surface area contributed by atoms with Gasteiger partial charge >= 0.3 is 0 Å². The molecule has 1 N–H and O–H groups in total. The van der Waals surface area contributed by atoms with E-state index in [2.05, 4.69) is 57.6 Å². The van der Waals surface area contributed by atoms with Crippen LogP contribution in [0.2, 0.25) is 0 Å². The van der Waals surface area contributed by atoms with E-state index in [1.54, 1.807) is 0 Å². The monoisotopic (exact) mass is 285 g/mol. The quantitative estimate of drug-likeness (QED) is 0.706. The third kappa shape index (κ3) is 2.92. The summed E-state index contributed by atoms with van der Waals surface area (Å²) in [5, 5.41) is 5.63. The standard InChI is InChI=1S/C16H19N3S/c1-19-15-7-3-2-6-14(15)18-16(19)9-11-17-10-8-13-5-4-12-20-13/h2-7,12,17H,8-11H2,1H3. The van der Waals surface area contributed by atoms with Crippen LogP contribution in [-0.2, 0) is 19.9 Å². The Balaban J connectivity index is 1.51. The molecule has 20 heavy (non-hydrogen) atoms. The van der Waals surface area contributed by atoms with Gasteiger partial charge in [0.15, 0.2) is 0 Å². The first kappa shape index (κ1) is 13.3. The molecular formula is C16H19N3S. The van der Waals surface area contributed by atoms with Gasteiger partial charge in [-0.2, -0.15) is 0 Å². The molecule has 3 rings (SSSR count). The lowest BCUT2D eigenvalue weighted by atomic mass is 10.3. The van der Waals surface area contributed by atoms with Crippen LogP contribution in [0.25, 0.3) is 11.0 Å². The second-order valence-electron chi connectivity index (χ2n) is 4.91. The fourth-order valence-corrected chi connectivity index (χ4v) is 3.12. The molecule has 0 spiro atoms. The number of aryl methyl sites for hydroxylation is 1. The van der Waals surface area contributed by atoms with E-state index in [0.29, 0.717) is 0 Å². The Hall–Kier alpha value is -1.65. The summed E-state index contributed by atoms with van der Waals surface area (Å²) in [5.41, 5.74) is 2.30. The molecule has 0 aliphatic rings. The Kier molecular flexibility index (Phi) is 4.14. The van der Waals surface area contributed by atoms with Crippen LogP contribution < -0.4 is 5.32 Å². The van der Waals surface area contributed by atoms with Gasteiger partial charge in [0, 0.05) is 24.9 Å². The molecular weight excluding hydrogens is 266 g/mol. The second kappa shape index (κ2) is 6.20. The maximum absolute atomic E-state index is 4.68. The summed E-state index contributed by atoms with van der Waals surface area (Å²) in [6, 6.07) is 12.6. The van der Waals surface area contributed by atoms with Gasteiger partial charge in [0.25, 0.3) is 0 Å². The highest BCUT2D eigenvalue weighted by Gasteiger charge is 2.06.